The Morgan fingerprint density at radius 1 is 1.47 bits per heavy atom. The van der Waals surface area contributed by atoms with E-state index in [9.17, 15) is 0 Å². The van der Waals surface area contributed by atoms with Crippen LogP contribution in [0.4, 0.5) is 0 Å². The van der Waals surface area contributed by atoms with Crippen molar-refractivity contribution in [3.05, 3.63) is 0 Å². The number of rotatable bonds is 4. The molecule has 0 N–H and O–H groups in total. The molecule has 1 unspecified atom stereocenters. The minimum Gasteiger partial charge on any atom is -0.406 e. The lowest BCUT2D eigenvalue weighted by Gasteiger charge is -2.35. The van der Waals surface area contributed by atoms with Gasteiger partial charge in [0.15, 0.2) is 0 Å². The van der Waals surface area contributed by atoms with Gasteiger partial charge >= 0.3 is 7.12 Å². The molecule has 0 aromatic heterocycles. The van der Waals surface area contributed by atoms with Crippen molar-refractivity contribution in [3.63, 3.8) is 0 Å². The van der Waals surface area contributed by atoms with E-state index in [1.165, 1.54) is 6.42 Å². The van der Waals surface area contributed by atoms with Gasteiger partial charge in [0.2, 0.25) is 0 Å². The van der Waals surface area contributed by atoms with E-state index in [2.05, 4.69) is 34.6 Å². The molecule has 4 heteroatoms. The van der Waals surface area contributed by atoms with Gasteiger partial charge in [0.05, 0.1) is 11.7 Å². The molecule has 2 nitrogen and oxygen atoms in total. The maximum Gasteiger partial charge on any atom is 0.454 e. The van der Waals surface area contributed by atoms with Crippen LogP contribution in [0.2, 0.25) is 6.82 Å². The van der Waals surface area contributed by atoms with E-state index in [-0.39, 0.29) is 18.8 Å². The molecule has 1 saturated heterocycles. The maximum absolute atomic E-state index is 5.93. The molecule has 1 aliphatic rings. The molecule has 0 radical (unpaired) electrons. The van der Waals surface area contributed by atoms with E-state index in [0.717, 1.165) is 0 Å². The van der Waals surface area contributed by atoms with E-state index in [4.69, 9.17) is 9.31 Å². The number of hydrogen-bond donors (Lipinski definition) is 0. The molecule has 0 amide bonds. The summed E-state index contributed by atoms with van der Waals surface area (Å²) in [7, 11) is -0.0648. The molecular weight excluding hydrogens is 207 g/mol. The predicted octanol–water partition coefficient (Wildman–Crippen LogP) is 3.22. The van der Waals surface area contributed by atoms with Crippen LogP contribution in [0, 0.1) is 0 Å². The first-order chi connectivity index (χ1) is 6.90. The molecular formula is C11H23BO2S. The third-order valence-electron chi connectivity index (χ3n) is 3.44. The number of hydrogen-bond acceptors (Lipinski definition) is 3. The highest BCUT2D eigenvalue weighted by molar-refractivity contribution is 8.00. The van der Waals surface area contributed by atoms with Gasteiger partial charge in [-0.05, 0) is 27.1 Å². The highest BCUT2D eigenvalue weighted by Gasteiger charge is 2.47. The van der Waals surface area contributed by atoms with Gasteiger partial charge in [0.25, 0.3) is 0 Å². The Bertz CT molecular complexity index is 215. The summed E-state index contributed by atoms with van der Waals surface area (Å²) < 4.78 is 11.6. The second kappa shape index (κ2) is 5.11. The summed E-state index contributed by atoms with van der Waals surface area (Å²) in [6, 6.07) is 0. The van der Waals surface area contributed by atoms with E-state index in [0.29, 0.717) is 10.5 Å². The van der Waals surface area contributed by atoms with Crippen molar-refractivity contribution >= 4 is 18.9 Å². The average Bonchev–Trinajstić information content (AvgIpc) is 2.41. The lowest BCUT2D eigenvalue weighted by atomic mass is 9.94. The first kappa shape index (κ1) is 13.4. The Labute approximate surface area is 98.6 Å². The second-order valence-corrected chi connectivity index (χ2v) is 6.43. The molecule has 4 atom stereocenters. The van der Waals surface area contributed by atoms with Gasteiger partial charge < -0.3 is 9.31 Å². The van der Waals surface area contributed by atoms with Gasteiger partial charge in [0.1, 0.15) is 0 Å². The molecule has 0 aliphatic carbocycles. The van der Waals surface area contributed by atoms with Crippen molar-refractivity contribution in [1.29, 1.82) is 0 Å². The van der Waals surface area contributed by atoms with Gasteiger partial charge in [-0.2, -0.15) is 11.8 Å². The van der Waals surface area contributed by atoms with Crippen LogP contribution in [-0.2, 0) is 9.31 Å². The summed E-state index contributed by atoms with van der Waals surface area (Å²) >= 11 is 2.00. The molecule has 15 heavy (non-hydrogen) atoms. The standard InChI is InChI=1S/C11H23BO2S/c1-7-8(2)15-10(4)11(5)9(3)13-12(6)14-11/h8-10H,7H2,1-6H3/t8-,9-,10?,11-/m1/s1. The summed E-state index contributed by atoms with van der Waals surface area (Å²) in [5.74, 6) is 0. The minimum absolute atomic E-state index is 0.0648. The van der Waals surface area contributed by atoms with Gasteiger partial charge in [-0.15, -0.1) is 0 Å². The number of thioether (sulfide) groups is 1. The van der Waals surface area contributed by atoms with Crippen molar-refractivity contribution in [2.24, 2.45) is 0 Å². The van der Waals surface area contributed by atoms with Gasteiger partial charge in [-0.3, -0.25) is 0 Å². The maximum atomic E-state index is 5.93. The second-order valence-electron chi connectivity index (χ2n) is 4.64. The van der Waals surface area contributed by atoms with E-state index in [1.54, 1.807) is 0 Å². The van der Waals surface area contributed by atoms with Crippen LogP contribution in [0.3, 0.4) is 0 Å². The Kier molecular flexibility index (Phi) is 4.56. The third kappa shape index (κ3) is 2.92. The molecule has 0 aromatic rings. The Morgan fingerprint density at radius 2 is 2.07 bits per heavy atom. The topological polar surface area (TPSA) is 18.5 Å². The van der Waals surface area contributed by atoms with Crippen molar-refractivity contribution in [2.75, 3.05) is 0 Å². The Morgan fingerprint density at radius 3 is 2.47 bits per heavy atom. The van der Waals surface area contributed by atoms with Crippen molar-refractivity contribution in [1.82, 2.24) is 0 Å². The quantitative estimate of drug-likeness (QED) is 0.691. The monoisotopic (exact) mass is 230 g/mol. The Hall–Kier alpha value is 0.335. The van der Waals surface area contributed by atoms with Crippen LogP contribution in [0.1, 0.15) is 41.0 Å². The summed E-state index contributed by atoms with van der Waals surface area (Å²) in [5.41, 5.74) is -0.145. The molecule has 0 spiro atoms. The molecule has 1 heterocycles. The minimum atomic E-state index is -0.145. The van der Waals surface area contributed by atoms with E-state index in [1.807, 2.05) is 18.6 Å². The summed E-state index contributed by atoms with van der Waals surface area (Å²) in [6.07, 6.45) is 1.38. The lowest BCUT2D eigenvalue weighted by molar-refractivity contribution is 0.0662. The van der Waals surface area contributed by atoms with Crippen LogP contribution in [0.25, 0.3) is 0 Å². The highest BCUT2D eigenvalue weighted by atomic mass is 32.2. The zero-order valence-electron chi connectivity index (χ0n) is 10.7. The van der Waals surface area contributed by atoms with Crippen LogP contribution >= 0.6 is 11.8 Å². The normalized spacial score (nSPS) is 35.6. The Balaban J connectivity index is 2.60. The highest BCUT2D eigenvalue weighted by Crippen LogP contribution is 2.38. The first-order valence-corrected chi connectivity index (χ1v) is 6.83. The lowest BCUT2D eigenvalue weighted by Crippen LogP contribution is -2.44. The van der Waals surface area contributed by atoms with E-state index < -0.39 is 0 Å². The fraction of sp³-hybridized carbons (Fsp3) is 1.00. The third-order valence-corrected chi connectivity index (χ3v) is 5.12. The van der Waals surface area contributed by atoms with Crippen LogP contribution in [0.15, 0.2) is 0 Å². The fourth-order valence-corrected chi connectivity index (χ4v) is 3.32. The summed E-state index contributed by atoms with van der Waals surface area (Å²) in [6.45, 7) is 13.0. The summed E-state index contributed by atoms with van der Waals surface area (Å²) in [5, 5.41) is 1.15. The summed E-state index contributed by atoms with van der Waals surface area (Å²) in [4.78, 5) is 0. The largest absolute Gasteiger partial charge is 0.454 e. The van der Waals surface area contributed by atoms with Crippen LogP contribution in [-0.4, -0.2) is 29.3 Å². The van der Waals surface area contributed by atoms with Crippen molar-refractivity contribution < 1.29 is 9.31 Å². The van der Waals surface area contributed by atoms with E-state index >= 15 is 0 Å². The van der Waals surface area contributed by atoms with Gasteiger partial charge in [0, 0.05) is 10.5 Å². The molecule has 1 rings (SSSR count). The molecule has 0 aromatic carbocycles. The molecule has 0 bridgehead atoms. The van der Waals surface area contributed by atoms with Crippen molar-refractivity contribution in [2.45, 2.75) is 70.1 Å². The molecule has 1 fully saturated rings. The van der Waals surface area contributed by atoms with Crippen LogP contribution < -0.4 is 0 Å². The van der Waals surface area contributed by atoms with Crippen molar-refractivity contribution in [3.8, 4) is 0 Å². The average molecular weight is 230 g/mol. The molecule has 0 saturated carbocycles. The SMILES string of the molecule is CC[C@@H](C)SC(C)[C@]1(C)OB(C)O[C@@H]1C. The molecule has 1 aliphatic heterocycles. The smallest absolute Gasteiger partial charge is 0.406 e. The molecule has 88 valence electrons. The fourth-order valence-electron chi connectivity index (χ4n) is 1.91. The predicted molar refractivity (Wildman–Crippen MR) is 68.5 cm³/mol. The van der Waals surface area contributed by atoms with Gasteiger partial charge in [-0.1, -0.05) is 20.8 Å². The van der Waals surface area contributed by atoms with Crippen LogP contribution in [0.5, 0.6) is 0 Å². The van der Waals surface area contributed by atoms with Gasteiger partial charge in [-0.25, -0.2) is 0 Å². The zero-order chi connectivity index (χ0) is 11.6. The zero-order valence-corrected chi connectivity index (χ0v) is 11.6. The first-order valence-electron chi connectivity index (χ1n) is 5.88.